The molecule has 2 aliphatic carbocycles. The van der Waals surface area contributed by atoms with Crippen LogP contribution in [-0.2, 0) is 0 Å². The molecule has 4 rings (SSSR count). The second kappa shape index (κ2) is 4.08. The van der Waals surface area contributed by atoms with Crippen molar-refractivity contribution in [2.24, 2.45) is 11.8 Å². The zero-order chi connectivity index (χ0) is 12.8. The molecule has 2 aliphatic rings. The fourth-order valence-corrected chi connectivity index (χ4v) is 3.95. The second-order valence-corrected chi connectivity index (χ2v) is 5.89. The van der Waals surface area contributed by atoms with E-state index in [2.05, 4.69) is 14.5 Å². The fraction of sp³-hybridized carbons (Fsp3) is 0.467. The van der Waals surface area contributed by atoms with Gasteiger partial charge in [-0.15, -0.1) is 0 Å². The maximum absolute atomic E-state index is 6.07. The lowest BCUT2D eigenvalue weighted by Gasteiger charge is -2.25. The molecule has 2 fully saturated rings. The third-order valence-electron chi connectivity index (χ3n) is 4.85. The molecule has 19 heavy (non-hydrogen) atoms. The molecule has 2 N–H and O–H groups in total. The SMILES string of the molecule is Nc1ccncc1-c1cncn1C1CC2CCC1C2. The largest absolute Gasteiger partial charge is 0.398 e. The van der Waals surface area contributed by atoms with Gasteiger partial charge >= 0.3 is 0 Å². The van der Waals surface area contributed by atoms with Gasteiger partial charge in [0.05, 0.1) is 18.2 Å². The van der Waals surface area contributed by atoms with Gasteiger partial charge in [-0.25, -0.2) is 4.98 Å². The van der Waals surface area contributed by atoms with Gasteiger partial charge in [0, 0.05) is 29.7 Å². The molecular weight excluding hydrogens is 236 g/mol. The standard InChI is InChI=1S/C15H18N4/c16-13-3-4-17-7-12(13)15-8-18-9-19(15)14-6-10-1-2-11(14)5-10/h3-4,7-11,14H,1-2,5-6H2,(H2,16,17). The maximum atomic E-state index is 6.07. The van der Waals surface area contributed by atoms with Crippen molar-refractivity contribution in [2.75, 3.05) is 5.73 Å². The van der Waals surface area contributed by atoms with E-state index in [1.807, 2.05) is 24.8 Å². The first-order valence-electron chi connectivity index (χ1n) is 7.04. The normalized spacial score (nSPS) is 28.9. The summed E-state index contributed by atoms with van der Waals surface area (Å²) in [6, 6.07) is 2.46. The van der Waals surface area contributed by atoms with Crippen molar-refractivity contribution in [3.63, 3.8) is 0 Å². The monoisotopic (exact) mass is 254 g/mol. The van der Waals surface area contributed by atoms with Gasteiger partial charge in [-0.05, 0) is 37.2 Å². The van der Waals surface area contributed by atoms with Gasteiger partial charge in [-0.3, -0.25) is 4.98 Å². The van der Waals surface area contributed by atoms with E-state index in [-0.39, 0.29) is 0 Å². The van der Waals surface area contributed by atoms with Crippen LogP contribution in [0.3, 0.4) is 0 Å². The highest BCUT2D eigenvalue weighted by molar-refractivity contribution is 5.72. The summed E-state index contributed by atoms with van der Waals surface area (Å²) < 4.78 is 2.33. The quantitative estimate of drug-likeness (QED) is 0.896. The lowest BCUT2D eigenvalue weighted by Crippen LogP contribution is -2.16. The zero-order valence-corrected chi connectivity index (χ0v) is 10.9. The van der Waals surface area contributed by atoms with E-state index in [0.717, 1.165) is 28.8 Å². The third kappa shape index (κ3) is 1.66. The Labute approximate surface area is 112 Å². The van der Waals surface area contributed by atoms with Gasteiger partial charge in [-0.1, -0.05) is 6.42 Å². The number of hydrogen-bond acceptors (Lipinski definition) is 3. The van der Waals surface area contributed by atoms with Crippen molar-refractivity contribution in [3.05, 3.63) is 31.0 Å². The average molecular weight is 254 g/mol. The number of nitrogens with zero attached hydrogens (tertiary/aromatic N) is 3. The van der Waals surface area contributed by atoms with Crippen LogP contribution in [0.5, 0.6) is 0 Å². The Morgan fingerprint density at radius 3 is 2.84 bits per heavy atom. The fourth-order valence-electron chi connectivity index (χ4n) is 3.95. The van der Waals surface area contributed by atoms with Crippen LogP contribution in [0.1, 0.15) is 31.7 Å². The molecule has 0 aliphatic heterocycles. The first-order valence-corrected chi connectivity index (χ1v) is 7.04. The lowest BCUT2D eigenvalue weighted by atomic mass is 9.94. The molecule has 2 aromatic heterocycles. The Balaban J connectivity index is 1.76. The lowest BCUT2D eigenvalue weighted by molar-refractivity contribution is 0.332. The number of imidazole rings is 1. The predicted molar refractivity (Wildman–Crippen MR) is 74.4 cm³/mol. The molecule has 0 spiro atoms. The van der Waals surface area contributed by atoms with Crippen molar-refractivity contribution in [2.45, 2.75) is 31.7 Å². The number of aromatic nitrogens is 3. The number of nitrogen functional groups attached to an aromatic ring is 1. The van der Waals surface area contributed by atoms with Gasteiger partial charge in [0.2, 0.25) is 0 Å². The van der Waals surface area contributed by atoms with E-state index < -0.39 is 0 Å². The summed E-state index contributed by atoms with van der Waals surface area (Å²) in [4.78, 5) is 8.54. The summed E-state index contributed by atoms with van der Waals surface area (Å²) in [7, 11) is 0. The molecule has 2 bridgehead atoms. The van der Waals surface area contributed by atoms with Crippen LogP contribution < -0.4 is 5.73 Å². The summed E-state index contributed by atoms with van der Waals surface area (Å²) >= 11 is 0. The van der Waals surface area contributed by atoms with Gasteiger partial charge in [0.1, 0.15) is 0 Å². The summed E-state index contributed by atoms with van der Waals surface area (Å²) in [5.41, 5.74) is 8.97. The van der Waals surface area contributed by atoms with E-state index in [0.29, 0.717) is 6.04 Å². The van der Waals surface area contributed by atoms with Gasteiger partial charge in [0.25, 0.3) is 0 Å². The van der Waals surface area contributed by atoms with E-state index in [9.17, 15) is 0 Å². The molecule has 0 saturated heterocycles. The number of pyridine rings is 1. The number of nitrogens with two attached hydrogens (primary N) is 1. The highest BCUT2D eigenvalue weighted by Gasteiger charge is 2.41. The molecule has 4 heteroatoms. The molecular formula is C15H18N4. The summed E-state index contributed by atoms with van der Waals surface area (Å²) in [6.45, 7) is 0. The summed E-state index contributed by atoms with van der Waals surface area (Å²) in [5.74, 6) is 1.76. The molecule has 0 radical (unpaired) electrons. The van der Waals surface area contributed by atoms with E-state index in [4.69, 9.17) is 5.73 Å². The zero-order valence-electron chi connectivity index (χ0n) is 10.9. The predicted octanol–water partition coefficient (Wildman–Crippen LogP) is 2.89. The van der Waals surface area contributed by atoms with E-state index >= 15 is 0 Å². The molecule has 4 nitrogen and oxygen atoms in total. The Morgan fingerprint density at radius 1 is 1.16 bits per heavy atom. The van der Waals surface area contributed by atoms with Crippen LogP contribution in [0.2, 0.25) is 0 Å². The number of rotatable bonds is 2. The van der Waals surface area contributed by atoms with Crippen LogP contribution in [0.4, 0.5) is 5.69 Å². The second-order valence-electron chi connectivity index (χ2n) is 5.89. The number of fused-ring (bicyclic) bond motifs is 2. The summed E-state index contributed by atoms with van der Waals surface area (Å²) in [6.07, 6.45) is 12.9. The highest BCUT2D eigenvalue weighted by atomic mass is 15.1. The molecule has 0 amide bonds. The number of hydrogen-bond donors (Lipinski definition) is 1. The van der Waals surface area contributed by atoms with Crippen molar-refractivity contribution >= 4 is 5.69 Å². The molecule has 2 aromatic rings. The van der Waals surface area contributed by atoms with Crippen LogP contribution in [0, 0.1) is 11.8 Å². The van der Waals surface area contributed by atoms with Gasteiger partial charge in [0.15, 0.2) is 0 Å². The number of anilines is 1. The third-order valence-corrected chi connectivity index (χ3v) is 4.85. The molecule has 2 heterocycles. The Kier molecular flexibility index (Phi) is 2.37. The maximum Gasteiger partial charge on any atom is 0.0953 e. The topological polar surface area (TPSA) is 56.7 Å². The smallest absolute Gasteiger partial charge is 0.0953 e. The Morgan fingerprint density at radius 2 is 2.11 bits per heavy atom. The highest BCUT2D eigenvalue weighted by Crippen LogP contribution is 2.51. The molecule has 3 unspecified atom stereocenters. The van der Waals surface area contributed by atoms with Crippen LogP contribution in [0.15, 0.2) is 31.0 Å². The van der Waals surface area contributed by atoms with Gasteiger partial charge in [-0.2, -0.15) is 0 Å². The first-order chi connectivity index (χ1) is 9.33. The van der Waals surface area contributed by atoms with Gasteiger partial charge < -0.3 is 10.3 Å². The minimum atomic E-state index is 0.607. The van der Waals surface area contributed by atoms with Crippen LogP contribution in [-0.4, -0.2) is 14.5 Å². The van der Waals surface area contributed by atoms with E-state index in [1.54, 1.807) is 6.20 Å². The molecule has 3 atom stereocenters. The Bertz CT molecular complexity index is 604. The Hall–Kier alpha value is -1.84. The molecule has 2 saturated carbocycles. The van der Waals surface area contributed by atoms with Crippen molar-refractivity contribution in [1.29, 1.82) is 0 Å². The summed E-state index contributed by atoms with van der Waals surface area (Å²) in [5, 5.41) is 0. The molecule has 98 valence electrons. The average Bonchev–Trinajstić information content (AvgIpc) is 3.14. The van der Waals surface area contributed by atoms with Crippen molar-refractivity contribution in [3.8, 4) is 11.3 Å². The first kappa shape index (κ1) is 11.0. The minimum absolute atomic E-state index is 0.607. The van der Waals surface area contributed by atoms with Crippen molar-refractivity contribution in [1.82, 2.24) is 14.5 Å². The minimum Gasteiger partial charge on any atom is -0.398 e. The van der Waals surface area contributed by atoms with Crippen LogP contribution >= 0.6 is 0 Å². The van der Waals surface area contributed by atoms with E-state index in [1.165, 1.54) is 25.7 Å². The van der Waals surface area contributed by atoms with Crippen molar-refractivity contribution < 1.29 is 0 Å². The van der Waals surface area contributed by atoms with Crippen LogP contribution in [0.25, 0.3) is 11.3 Å². The molecule has 0 aromatic carbocycles.